The van der Waals surface area contributed by atoms with Crippen LogP contribution in [0, 0.1) is 0 Å². The van der Waals surface area contributed by atoms with Gasteiger partial charge in [-0.15, -0.1) is 24.0 Å². The summed E-state index contributed by atoms with van der Waals surface area (Å²) in [5.74, 6) is 2.12. The third-order valence-electron chi connectivity index (χ3n) is 3.84. The standard InChI is InChI=1S/C20H27N3O.HI/c1-4-21-20(22-14-16(2)18-10-6-5-7-11-18)23-15-17-9-8-12-19(13-17)24-3;/h5-13,16H,4,14-15H2,1-3H3,(H2,21,22,23);1H. The van der Waals surface area contributed by atoms with Crippen molar-refractivity contribution in [2.45, 2.75) is 26.3 Å². The van der Waals surface area contributed by atoms with Crippen molar-refractivity contribution in [3.8, 4) is 5.75 Å². The number of ether oxygens (including phenoxy) is 1. The minimum atomic E-state index is 0. The van der Waals surface area contributed by atoms with Crippen LogP contribution in [-0.4, -0.2) is 26.2 Å². The maximum absolute atomic E-state index is 5.26. The van der Waals surface area contributed by atoms with Crippen LogP contribution in [0.25, 0.3) is 0 Å². The Morgan fingerprint density at radius 2 is 1.84 bits per heavy atom. The normalized spacial score (nSPS) is 12.0. The summed E-state index contributed by atoms with van der Waals surface area (Å²) in [5.41, 5.74) is 2.45. The predicted molar refractivity (Wildman–Crippen MR) is 116 cm³/mol. The number of aliphatic imine (C=N–C) groups is 1. The molecule has 0 aromatic heterocycles. The molecule has 2 aromatic rings. The fraction of sp³-hybridized carbons (Fsp3) is 0.350. The van der Waals surface area contributed by atoms with Gasteiger partial charge in [0, 0.05) is 13.1 Å². The van der Waals surface area contributed by atoms with Crippen LogP contribution in [0.2, 0.25) is 0 Å². The van der Waals surface area contributed by atoms with E-state index in [1.807, 2.05) is 24.3 Å². The highest BCUT2D eigenvalue weighted by Crippen LogP contribution is 2.14. The summed E-state index contributed by atoms with van der Waals surface area (Å²) < 4.78 is 5.26. The van der Waals surface area contributed by atoms with Gasteiger partial charge in [-0.2, -0.15) is 0 Å². The number of nitrogens with one attached hydrogen (secondary N) is 2. The Kier molecular flexibility index (Phi) is 9.99. The van der Waals surface area contributed by atoms with E-state index in [0.29, 0.717) is 12.5 Å². The zero-order chi connectivity index (χ0) is 17.2. The Morgan fingerprint density at radius 1 is 1.08 bits per heavy atom. The molecule has 0 saturated carbocycles. The van der Waals surface area contributed by atoms with Crippen LogP contribution in [-0.2, 0) is 6.54 Å². The van der Waals surface area contributed by atoms with E-state index in [0.717, 1.165) is 30.4 Å². The second-order valence-electron chi connectivity index (χ2n) is 5.74. The molecule has 2 rings (SSSR count). The van der Waals surface area contributed by atoms with Crippen LogP contribution in [0.3, 0.4) is 0 Å². The second-order valence-corrected chi connectivity index (χ2v) is 5.74. The number of methoxy groups -OCH3 is 1. The monoisotopic (exact) mass is 453 g/mol. The summed E-state index contributed by atoms with van der Waals surface area (Å²) >= 11 is 0. The molecular formula is C20H28IN3O. The fourth-order valence-electron chi connectivity index (χ4n) is 2.43. The van der Waals surface area contributed by atoms with Crippen LogP contribution in [0.5, 0.6) is 5.75 Å². The lowest BCUT2D eigenvalue weighted by Crippen LogP contribution is -2.39. The van der Waals surface area contributed by atoms with Gasteiger partial charge in [-0.25, -0.2) is 4.99 Å². The zero-order valence-electron chi connectivity index (χ0n) is 15.2. The van der Waals surface area contributed by atoms with Gasteiger partial charge in [-0.05, 0) is 36.1 Å². The molecule has 136 valence electrons. The smallest absolute Gasteiger partial charge is 0.191 e. The van der Waals surface area contributed by atoms with Gasteiger partial charge in [-0.1, -0.05) is 49.4 Å². The summed E-state index contributed by atoms with van der Waals surface area (Å²) in [6, 6.07) is 18.5. The molecule has 2 aromatic carbocycles. The number of hydrogen-bond donors (Lipinski definition) is 2. The zero-order valence-corrected chi connectivity index (χ0v) is 17.5. The van der Waals surface area contributed by atoms with E-state index in [1.165, 1.54) is 5.56 Å². The minimum Gasteiger partial charge on any atom is -0.497 e. The molecule has 0 radical (unpaired) electrons. The van der Waals surface area contributed by atoms with E-state index in [9.17, 15) is 0 Å². The van der Waals surface area contributed by atoms with Crippen LogP contribution >= 0.6 is 24.0 Å². The van der Waals surface area contributed by atoms with E-state index >= 15 is 0 Å². The molecule has 0 amide bonds. The molecule has 0 bridgehead atoms. The molecule has 0 aliphatic carbocycles. The molecule has 0 spiro atoms. The summed E-state index contributed by atoms with van der Waals surface area (Å²) in [7, 11) is 1.68. The lowest BCUT2D eigenvalue weighted by Gasteiger charge is -2.16. The van der Waals surface area contributed by atoms with Crippen molar-refractivity contribution in [1.82, 2.24) is 10.6 Å². The van der Waals surface area contributed by atoms with Crippen molar-refractivity contribution in [3.05, 3.63) is 65.7 Å². The first-order valence-corrected chi connectivity index (χ1v) is 8.43. The maximum atomic E-state index is 5.26. The Labute approximate surface area is 168 Å². The quantitative estimate of drug-likeness (QED) is 0.376. The Morgan fingerprint density at radius 3 is 2.52 bits per heavy atom. The number of hydrogen-bond acceptors (Lipinski definition) is 2. The number of guanidine groups is 1. The molecule has 1 atom stereocenters. The van der Waals surface area contributed by atoms with Gasteiger partial charge in [0.15, 0.2) is 5.96 Å². The summed E-state index contributed by atoms with van der Waals surface area (Å²) in [5, 5.41) is 6.72. The topological polar surface area (TPSA) is 45.7 Å². The lowest BCUT2D eigenvalue weighted by molar-refractivity contribution is 0.414. The van der Waals surface area contributed by atoms with Gasteiger partial charge in [0.2, 0.25) is 0 Å². The van der Waals surface area contributed by atoms with E-state index in [1.54, 1.807) is 7.11 Å². The molecule has 0 fully saturated rings. The summed E-state index contributed by atoms with van der Waals surface area (Å²) in [6.07, 6.45) is 0. The first-order chi connectivity index (χ1) is 11.7. The third-order valence-corrected chi connectivity index (χ3v) is 3.84. The summed E-state index contributed by atoms with van der Waals surface area (Å²) in [4.78, 5) is 4.66. The lowest BCUT2D eigenvalue weighted by atomic mass is 10.0. The van der Waals surface area contributed by atoms with Crippen molar-refractivity contribution in [2.75, 3.05) is 20.2 Å². The third kappa shape index (κ3) is 7.34. The minimum absolute atomic E-state index is 0. The van der Waals surface area contributed by atoms with E-state index < -0.39 is 0 Å². The molecule has 1 unspecified atom stereocenters. The predicted octanol–water partition coefficient (Wildman–Crippen LogP) is 4.17. The van der Waals surface area contributed by atoms with Gasteiger partial charge < -0.3 is 15.4 Å². The Bertz CT molecular complexity index is 646. The molecule has 25 heavy (non-hydrogen) atoms. The highest BCUT2D eigenvalue weighted by atomic mass is 127. The van der Waals surface area contributed by atoms with Crippen LogP contribution < -0.4 is 15.4 Å². The maximum Gasteiger partial charge on any atom is 0.191 e. The van der Waals surface area contributed by atoms with Gasteiger partial charge in [0.1, 0.15) is 5.75 Å². The van der Waals surface area contributed by atoms with Crippen molar-refractivity contribution in [3.63, 3.8) is 0 Å². The van der Waals surface area contributed by atoms with Crippen molar-refractivity contribution >= 4 is 29.9 Å². The molecular weight excluding hydrogens is 425 g/mol. The van der Waals surface area contributed by atoms with Gasteiger partial charge in [0.25, 0.3) is 0 Å². The summed E-state index contributed by atoms with van der Waals surface area (Å²) in [6.45, 7) is 6.58. The van der Waals surface area contributed by atoms with Crippen LogP contribution in [0.15, 0.2) is 59.6 Å². The molecule has 5 heteroatoms. The number of benzene rings is 2. The Hall–Kier alpha value is -1.76. The number of halogens is 1. The second kappa shape index (κ2) is 11.7. The van der Waals surface area contributed by atoms with Gasteiger partial charge in [0.05, 0.1) is 13.7 Å². The first kappa shape index (κ1) is 21.3. The average Bonchev–Trinajstić information content (AvgIpc) is 2.64. The number of nitrogens with zero attached hydrogens (tertiary/aromatic N) is 1. The highest BCUT2D eigenvalue weighted by molar-refractivity contribution is 14.0. The van der Waals surface area contributed by atoms with Crippen molar-refractivity contribution in [1.29, 1.82) is 0 Å². The van der Waals surface area contributed by atoms with Crippen LogP contribution in [0.4, 0.5) is 0 Å². The van der Waals surface area contributed by atoms with Gasteiger partial charge in [-0.3, -0.25) is 0 Å². The average molecular weight is 453 g/mol. The van der Waals surface area contributed by atoms with Crippen molar-refractivity contribution < 1.29 is 4.74 Å². The molecule has 4 nitrogen and oxygen atoms in total. The number of rotatable bonds is 7. The van der Waals surface area contributed by atoms with E-state index in [2.05, 4.69) is 59.8 Å². The van der Waals surface area contributed by atoms with Gasteiger partial charge >= 0.3 is 0 Å². The molecule has 0 heterocycles. The largest absolute Gasteiger partial charge is 0.497 e. The molecule has 0 aliphatic heterocycles. The molecule has 2 N–H and O–H groups in total. The first-order valence-electron chi connectivity index (χ1n) is 8.43. The fourth-order valence-corrected chi connectivity index (χ4v) is 2.43. The van der Waals surface area contributed by atoms with E-state index in [4.69, 9.17) is 4.74 Å². The highest BCUT2D eigenvalue weighted by Gasteiger charge is 2.06. The molecule has 0 aliphatic rings. The van der Waals surface area contributed by atoms with Crippen LogP contribution in [0.1, 0.15) is 30.9 Å². The SMILES string of the molecule is CCNC(=NCc1cccc(OC)c1)NCC(C)c1ccccc1.I. The molecule has 0 saturated heterocycles. The van der Waals surface area contributed by atoms with Crippen molar-refractivity contribution in [2.24, 2.45) is 4.99 Å². The Balaban J connectivity index is 0.00000312. The van der Waals surface area contributed by atoms with E-state index in [-0.39, 0.29) is 24.0 Å².